The molecule has 0 amide bonds. The number of alkyl halides is 1. The van der Waals surface area contributed by atoms with Gasteiger partial charge in [-0.25, -0.2) is 8.42 Å². The van der Waals surface area contributed by atoms with Gasteiger partial charge in [-0.2, -0.15) is 0 Å². The molecule has 0 aliphatic rings. The molecule has 1 unspecified atom stereocenters. The molecule has 17 heavy (non-hydrogen) atoms. The zero-order valence-electron chi connectivity index (χ0n) is 10.1. The summed E-state index contributed by atoms with van der Waals surface area (Å²) in [5.41, 5.74) is 0.641. The summed E-state index contributed by atoms with van der Waals surface area (Å²) < 4.78 is 23.8. The summed E-state index contributed by atoms with van der Waals surface area (Å²) >= 11 is 5.81. The minimum Gasteiger partial charge on any atom is -0.380 e. The van der Waals surface area contributed by atoms with Crippen LogP contribution in [0.5, 0.6) is 0 Å². The van der Waals surface area contributed by atoms with Crippen LogP contribution in [-0.4, -0.2) is 26.1 Å². The van der Waals surface area contributed by atoms with Gasteiger partial charge in [0.1, 0.15) is 0 Å². The maximum absolute atomic E-state index is 11.9. The second-order valence-electron chi connectivity index (χ2n) is 3.80. The van der Waals surface area contributed by atoms with Crippen LogP contribution in [0.15, 0.2) is 29.2 Å². The molecular formula is C12H18ClNO2S. The number of sulfone groups is 1. The SMILES string of the molecule is CCC(CCl)Nc1ccccc1S(=O)(=O)CC. The Morgan fingerprint density at radius 1 is 1.29 bits per heavy atom. The zero-order valence-corrected chi connectivity index (χ0v) is 11.7. The highest BCUT2D eigenvalue weighted by atomic mass is 35.5. The van der Waals surface area contributed by atoms with Crippen molar-refractivity contribution in [1.82, 2.24) is 0 Å². The van der Waals surface area contributed by atoms with Crippen LogP contribution in [0.1, 0.15) is 20.3 Å². The van der Waals surface area contributed by atoms with Crippen molar-refractivity contribution in [3.63, 3.8) is 0 Å². The van der Waals surface area contributed by atoms with Crippen molar-refractivity contribution < 1.29 is 8.42 Å². The summed E-state index contributed by atoms with van der Waals surface area (Å²) in [4.78, 5) is 0.353. The molecule has 1 atom stereocenters. The monoisotopic (exact) mass is 275 g/mol. The summed E-state index contributed by atoms with van der Waals surface area (Å²) in [6, 6.07) is 7.04. The van der Waals surface area contributed by atoms with Crippen molar-refractivity contribution in [1.29, 1.82) is 0 Å². The first-order valence-corrected chi connectivity index (χ1v) is 7.88. The molecule has 0 aliphatic heterocycles. The van der Waals surface area contributed by atoms with Gasteiger partial charge in [0.05, 0.1) is 16.3 Å². The summed E-state index contributed by atoms with van der Waals surface area (Å²) in [6.45, 7) is 3.65. The Labute approximate surface area is 108 Å². The number of hydrogen-bond acceptors (Lipinski definition) is 3. The minimum absolute atomic E-state index is 0.0878. The number of para-hydroxylation sites is 1. The third-order valence-corrected chi connectivity index (χ3v) is 4.80. The highest BCUT2D eigenvalue weighted by Gasteiger charge is 2.17. The molecule has 1 aromatic carbocycles. The van der Waals surface area contributed by atoms with E-state index in [1.165, 1.54) is 0 Å². The molecule has 0 saturated heterocycles. The summed E-state index contributed by atoms with van der Waals surface area (Å²) in [5.74, 6) is 0.556. The Balaban J connectivity index is 3.09. The molecule has 0 aliphatic carbocycles. The molecule has 1 rings (SSSR count). The predicted molar refractivity (Wildman–Crippen MR) is 72.6 cm³/mol. The average Bonchev–Trinajstić information content (AvgIpc) is 2.36. The smallest absolute Gasteiger partial charge is 0.180 e. The largest absolute Gasteiger partial charge is 0.380 e. The molecule has 96 valence electrons. The quantitative estimate of drug-likeness (QED) is 0.812. The van der Waals surface area contributed by atoms with Gasteiger partial charge in [-0.3, -0.25) is 0 Å². The third kappa shape index (κ3) is 3.61. The van der Waals surface area contributed by atoms with E-state index < -0.39 is 9.84 Å². The molecule has 3 nitrogen and oxygen atoms in total. The van der Waals surface area contributed by atoms with E-state index in [0.29, 0.717) is 16.5 Å². The van der Waals surface area contributed by atoms with Crippen LogP contribution in [0.3, 0.4) is 0 Å². The normalized spacial score (nSPS) is 13.4. The Kier molecular flexibility index (Phi) is 5.28. The lowest BCUT2D eigenvalue weighted by atomic mass is 10.2. The third-order valence-electron chi connectivity index (χ3n) is 2.64. The molecule has 1 N–H and O–H groups in total. The van der Waals surface area contributed by atoms with Gasteiger partial charge in [0.2, 0.25) is 0 Å². The molecule has 1 aromatic rings. The fraction of sp³-hybridized carbons (Fsp3) is 0.500. The van der Waals surface area contributed by atoms with Gasteiger partial charge in [0.25, 0.3) is 0 Å². The Bertz CT molecular complexity index is 455. The number of anilines is 1. The van der Waals surface area contributed by atoms with Crippen LogP contribution in [0.2, 0.25) is 0 Å². The standard InChI is InChI=1S/C12H18ClNO2S/c1-3-10(9-13)14-11-7-5-6-8-12(11)17(15,16)4-2/h5-8,10,14H,3-4,9H2,1-2H3. The maximum atomic E-state index is 11.9. The lowest BCUT2D eigenvalue weighted by Crippen LogP contribution is -2.21. The lowest BCUT2D eigenvalue weighted by molar-refractivity contribution is 0.597. The van der Waals surface area contributed by atoms with Crippen molar-refractivity contribution in [3.8, 4) is 0 Å². The highest BCUT2D eigenvalue weighted by molar-refractivity contribution is 7.91. The van der Waals surface area contributed by atoms with Crippen LogP contribution < -0.4 is 5.32 Å². The highest BCUT2D eigenvalue weighted by Crippen LogP contribution is 2.23. The second kappa shape index (κ2) is 6.26. The number of benzene rings is 1. The average molecular weight is 276 g/mol. The van der Waals surface area contributed by atoms with E-state index in [0.717, 1.165) is 6.42 Å². The zero-order chi connectivity index (χ0) is 12.9. The Morgan fingerprint density at radius 2 is 1.94 bits per heavy atom. The van der Waals surface area contributed by atoms with E-state index in [1.807, 2.05) is 13.0 Å². The molecule has 0 spiro atoms. The van der Waals surface area contributed by atoms with Gasteiger partial charge in [-0.05, 0) is 18.6 Å². The van der Waals surface area contributed by atoms with Crippen molar-refractivity contribution in [3.05, 3.63) is 24.3 Å². The van der Waals surface area contributed by atoms with Gasteiger partial charge in [0, 0.05) is 11.9 Å². The van der Waals surface area contributed by atoms with Gasteiger partial charge in [-0.15, -0.1) is 11.6 Å². The lowest BCUT2D eigenvalue weighted by Gasteiger charge is -2.18. The van der Waals surface area contributed by atoms with E-state index in [2.05, 4.69) is 5.32 Å². The van der Waals surface area contributed by atoms with Crippen molar-refractivity contribution in [2.24, 2.45) is 0 Å². The first kappa shape index (κ1) is 14.3. The van der Waals surface area contributed by atoms with E-state index in [-0.39, 0.29) is 11.8 Å². The van der Waals surface area contributed by atoms with Gasteiger partial charge >= 0.3 is 0 Å². The molecule has 0 aromatic heterocycles. The molecule has 0 fully saturated rings. The van der Waals surface area contributed by atoms with Crippen molar-refractivity contribution >= 4 is 27.1 Å². The van der Waals surface area contributed by atoms with Gasteiger partial charge in [0.15, 0.2) is 9.84 Å². The van der Waals surface area contributed by atoms with E-state index in [1.54, 1.807) is 25.1 Å². The predicted octanol–water partition coefficient (Wildman–Crippen LogP) is 2.91. The van der Waals surface area contributed by atoms with Crippen molar-refractivity contribution in [2.75, 3.05) is 16.9 Å². The van der Waals surface area contributed by atoms with Crippen molar-refractivity contribution in [2.45, 2.75) is 31.2 Å². The molecular weight excluding hydrogens is 258 g/mol. The van der Waals surface area contributed by atoms with Gasteiger partial charge in [-0.1, -0.05) is 26.0 Å². The first-order valence-electron chi connectivity index (χ1n) is 5.69. The molecule has 5 heteroatoms. The van der Waals surface area contributed by atoms with Gasteiger partial charge < -0.3 is 5.32 Å². The molecule has 0 saturated carbocycles. The molecule has 0 heterocycles. The van der Waals surface area contributed by atoms with E-state index >= 15 is 0 Å². The number of rotatable bonds is 6. The summed E-state index contributed by atoms with van der Waals surface area (Å²) in [7, 11) is -3.20. The van der Waals surface area contributed by atoms with Crippen LogP contribution >= 0.6 is 11.6 Å². The summed E-state index contributed by atoms with van der Waals surface area (Å²) in [6.07, 6.45) is 0.851. The Hall–Kier alpha value is -0.740. The number of nitrogens with one attached hydrogen (secondary N) is 1. The maximum Gasteiger partial charge on any atom is 0.180 e. The number of hydrogen-bond donors (Lipinski definition) is 1. The van der Waals surface area contributed by atoms with E-state index in [9.17, 15) is 8.42 Å². The van der Waals surface area contributed by atoms with Crippen LogP contribution in [0.25, 0.3) is 0 Å². The molecule has 0 bridgehead atoms. The second-order valence-corrected chi connectivity index (χ2v) is 6.36. The number of halogens is 1. The minimum atomic E-state index is -3.20. The van der Waals surface area contributed by atoms with E-state index in [4.69, 9.17) is 11.6 Å². The van der Waals surface area contributed by atoms with Crippen LogP contribution in [0.4, 0.5) is 5.69 Å². The fourth-order valence-electron chi connectivity index (χ4n) is 1.48. The summed E-state index contributed by atoms with van der Waals surface area (Å²) in [5, 5.41) is 3.18. The first-order chi connectivity index (χ1) is 8.05. The molecule has 0 radical (unpaired) electrons. The Morgan fingerprint density at radius 3 is 2.47 bits per heavy atom. The fourth-order valence-corrected chi connectivity index (χ4v) is 2.84. The van der Waals surface area contributed by atoms with Crippen LogP contribution in [0, 0.1) is 0 Å². The van der Waals surface area contributed by atoms with Crippen LogP contribution in [-0.2, 0) is 9.84 Å². The topological polar surface area (TPSA) is 46.2 Å².